The van der Waals surface area contributed by atoms with Gasteiger partial charge in [0.1, 0.15) is 4.90 Å². The fourth-order valence-electron chi connectivity index (χ4n) is 3.92. The number of nitrogens with zero attached hydrogens (tertiary/aromatic N) is 2. The van der Waals surface area contributed by atoms with Crippen LogP contribution in [0.3, 0.4) is 0 Å². The van der Waals surface area contributed by atoms with Crippen molar-refractivity contribution in [2.45, 2.75) is 44.0 Å². The first-order valence-electron chi connectivity index (χ1n) is 8.57. The van der Waals surface area contributed by atoms with Gasteiger partial charge in [0, 0.05) is 29.7 Å². The van der Waals surface area contributed by atoms with E-state index in [4.69, 9.17) is 0 Å². The molecule has 0 saturated carbocycles. The number of benzene rings is 1. The Bertz CT molecular complexity index is 999. The predicted octanol–water partition coefficient (Wildman–Crippen LogP) is 2.90. The average Bonchev–Trinajstić information content (AvgIpc) is 3.28. The van der Waals surface area contributed by atoms with Crippen molar-refractivity contribution in [3.63, 3.8) is 0 Å². The summed E-state index contributed by atoms with van der Waals surface area (Å²) in [5, 5.41) is 8.02. The largest absolute Gasteiger partial charge is 0.361 e. The summed E-state index contributed by atoms with van der Waals surface area (Å²) in [5.41, 5.74) is 3.40. The summed E-state index contributed by atoms with van der Waals surface area (Å²) in [7, 11) is -3.53. The van der Waals surface area contributed by atoms with Crippen molar-refractivity contribution in [1.29, 1.82) is 0 Å². The number of H-pyrrole nitrogens is 2. The summed E-state index contributed by atoms with van der Waals surface area (Å²) < 4.78 is 28.1. The molecule has 6 nitrogen and oxygen atoms in total. The van der Waals surface area contributed by atoms with Crippen molar-refractivity contribution >= 4 is 20.9 Å². The van der Waals surface area contributed by atoms with E-state index < -0.39 is 10.0 Å². The number of para-hydroxylation sites is 1. The molecule has 1 atom stereocenters. The highest BCUT2D eigenvalue weighted by Gasteiger charge is 2.38. The van der Waals surface area contributed by atoms with Gasteiger partial charge in [0.2, 0.25) is 10.0 Å². The zero-order valence-corrected chi connectivity index (χ0v) is 15.2. The molecule has 2 N–H and O–H groups in total. The molecule has 0 bridgehead atoms. The summed E-state index contributed by atoms with van der Waals surface area (Å²) >= 11 is 0. The van der Waals surface area contributed by atoms with Crippen LogP contribution in [0.5, 0.6) is 0 Å². The second-order valence-corrected chi connectivity index (χ2v) is 8.57. The van der Waals surface area contributed by atoms with Gasteiger partial charge >= 0.3 is 0 Å². The summed E-state index contributed by atoms with van der Waals surface area (Å²) in [6, 6.07) is 8.12. The summed E-state index contributed by atoms with van der Waals surface area (Å²) in [6.45, 7) is 4.07. The van der Waals surface area contributed by atoms with Gasteiger partial charge in [-0.25, -0.2) is 8.42 Å². The molecule has 4 rings (SSSR count). The van der Waals surface area contributed by atoms with E-state index >= 15 is 0 Å². The third-order valence-electron chi connectivity index (χ3n) is 5.08. The third kappa shape index (κ3) is 2.67. The molecular formula is C18H22N4O2S. The maximum atomic E-state index is 13.2. The lowest BCUT2D eigenvalue weighted by molar-refractivity contribution is 0.386. The van der Waals surface area contributed by atoms with Gasteiger partial charge in [0.05, 0.1) is 11.4 Å². The van der Waals surface area contributed by atoms with Gasteiger partial charge < -0.3 is 4.98 Å². The standard InChI is InChI=1S/C18H22N4O2S/c1-12-18(13(2)21-20-12)25(23,24)22-9-5-6-15(22)10-14-11-19-17-8-4-3-7-16(14)17/h3-4,7-8,11,15,19H,5-6,9-10H2,1-2H3,(H,20,21). The molecule has 1 unspecified atom stereocenters. The molecule has 25 heavy (non-hydrogen) atoms. The Balaban J connectivity index is 1.67. The van der Waals surface area contributed by atoms with Gasteiger partial charge in [-0.05, 0) is 44.7 Å². The van der Waals surface area contributed by atoms with Gasteiger partial charge in [-0.15, -0.1) is 0 Å². The smallest absolute Gasteiger partial charge is 0.246 e. The van der Waals surface area contributed by atoms with E-state index in [1.54, 1.807) is 18.2 Å². The molecule has 2 aromatic heterocycles. The molecule has 0 spiro atoms. The minimum Gasteiger partial charge on any atom is -0.361 e. The number of hydrogen-bond donors (Lipinski definition) is 2. The van der Waals surface area contributed by atoms with Crippen LogP contribution in [0.25, 0.3) is 10.9 Å². The van der Waals surface area contributed by atoms with Crippen LogP contribution in [-0.2, 0) is 16.4 Å². The van der Waals surface area contributed by atoms with E-state index in [2.05, 4.69) is 21.2 Å². The monoisotopic (exact) mass is 358 g/mol. The van der Waals surface area contributed by atoms with Crippen LogP contribution < -0.4 is 0 Å². The zero-order valence-electron chi connectivity index (χ0n) is 14.4. The van der Waals surface area contributed by atoms with Crippen molar-refractivity contribution in [1.82, 2.24) is 19.5 Å². The Hall–Kier alpha value is -2.12. The highest BCUT2D eigenvalue weighted by molar-refractivity contribution is 7.89. The number of fused-ring (bicyclic) bond motifs is 1. The number of rotatable bonds is 4. The number of sulfonamides is 1. The molecule has 0 aliphatic carbocycles. The molecule has 0 amide bonds. The van der Waals surface area contributed by atoms with Crippen molar-refractivity contribution in [3.05, 3.63) is 47.4 Å². The first-order chi connectivity index (χ1) is 12.0. The molecular weight excluding hydrogens is 336 g/mol. The first-order valence-corrected chi connectivity index (χ1v) is 10.0. The lowest BCUT2D eigenvalue weighted by Gasteiger charge is -2.24. The SMILES string of the molecule is Cc1n[nH]c(C)c1S(=O)(=O)N1CCCC1Cc1c[nH]c2ccccc12. The number of aromatic nitrogens is 3. The van der Waals surface area contributed by atoms with E-state index in [1.165, 1.54) is 10.9 Å². The van der Waals surface area contributed by atoms with Crippen LogP contribution in [-0.4, -0.2) is 40.5 Å². The van der Waals surface area contributed by atoms with E-state index in [0.29, 0.717) is 22.8 Å². The van der Waals surface area contributed by atoms with Crippen molar-refractivity contribution in [2.75, 3.05) is 6.54 Å². The van der Waals surface area contributed by atoms with E-state index in [0.717, 1.165) is 24.8 Å². The molecule has 1 aliphatic rings. The fraction of sp³-hybridized carbons (Fsp3) is 0.389. The number of aromatic amines is 2. The molecule has 1 aromatic carbocycles. The van der Waals surface area contributed by atoms with Gasteiger partial charge in [-0.1, -0.05) is 18.2 Å². The summed E-state index contributed by atoms with van der Waals surface area (Å²) in [6.07, 6.45) is 4.50. The van der Waals surface area contributed by atoms with Gasteiger partial charge in [0.25, 0.3) is 0 Å². The van der Waals surface area contributed by atoms with Crippen molar-refractivity contribution in [3.8, 4) is 0 Å². The number of nitrogens with one attached hydrogen (secondary N) is 2. The Labute approximate surface area is 147 Å². The third-order valence-corrected chi connectivity index (χ3v) is 7.30. The predicted molar refractivity (Wildman–Crippen MR) is 97.0 cm³/mol. The van der Waals surface area contributed by atoms with Crippen LogP contribution in [0.1, 0.15) is 29.8 Å². The van der Waals surface area contributed by atoms with Crippen LogP contribution in [0.2, 0.25) is 0 Å². The number of aryl methyl sites for hydroxylation is 2. The number of hydrogen-bond acceptors (Lipinski definition) is 3. The molecule has 3 aromatic rings. The van der Waals surface area contributed by atoms with E-state index in [9.17, 15) is 8.42 Å². The van der Waals surface area contributed by atoms with Crippen molar-refractivity contribution < 1.29 is 8.42 Å². The Morgan fingerprint density at radius 1 is 1.28 bits per heavy atom. The average molecular weight is 358 g/mol. The molecule has 3 heterocycles. The highest BCUT2D eigenvalue weighted by Crippen LogP contribution is 2.31. The second kappa shape index (κ2) is 6.00. The molecule has 0 radical (unpaired) electrons. The maximum Gasteiger partial charge on any atom is 0.246 e. The van der Waals surface area contributed by atoms with Crippen LogP contribution >= 0.6 is 0 Å². The van der Waals surface area contributed by atoms with Gasteiger partial charge in [-0.2, -0.15) is 9.40 Å². The topological polar surface area (TPSA) is 81.8 Å². The molecule has 1 saturated heterocycles. The second-order valence-electron chi connectivity index (χ2n) is 6.74. The highest BCUT2D eigenvalue weighted by atomic mass is 32.2. The molecule has 7 heteroatoms. The lowest BCUT2D eigenvalue weighted by Crippen LogP contribution is -2.37. The quantitative estimate of drug-likeness (QED) is 0.752. The van der Waals surface area contributed by atoms with Crippen LogP contribution in [0.4, 0.5) is 0 Å². The zero-order chi connectivity index (χ0) is 17.6. The van der Waals surface area contributed by atoms with Gasteiger partial charge in [0.15, 0.2) is 0 Å². The normalized spacial score (nSPS) is 19.0. The Kier molecular flexibility index (Phi) is 3.92. The lowest BCUT2D eigenvalue weighted by atomic mass is 10.0. The first kappa shape index (κ1) is 16.4. The van der Waals surface area contributed by atoms with Crippen molar-refractivity contribution in [2.24, 2.45) is 0 Å². The minimum atomic E-state index is -3.53. The fourth-order valence-corrected chi connectivity index (χ4v) is 5.95. The Morgan fingerprint density at radius 3 is 2.84 bits per heavy atom. The summed E-state index contributed by atoms with van der Waals surface area (Å²) in [5.74, 6) is 0. The van der Waals surface area contributed by atoms with E-state index in [-0.39, 0.29) is 6.04 Å². The minimum absolute atomic E-state index is 0.0158. The van der Waals surface area contributed by atoms with Gasteiger partial charge in [-0.3, -0.25) is 5.10 Å². The maximum absolute atomic E-state index is 13.2. The molecule has 1 fully saturated rings. The molecule has 132 valence electrons. The summed E-state index contributed by atoms with van der Waals surface area (Å²) in [4.78, 5) is 3.61. The van der Waals surface area contributed by atoms with Crippen LogP contribution in [0, 0.1) is 13.8 Å². The van der Waals surface area contributed by atoms with Crippen LogP contribution in [0.15, 0.2) is 35.4 Å². The Morgan fingerprint density at radius 2 is 2.08 bits per heavy atom. The molecule has 1 aliphatic heterocycles. The van der Waals surface area contributed by atoms with E-state index in [1.807, 2.05) is 24.4 Å².